The maximum atomic E-state index is 13.7. The van der Waals surface area contributed by atoms with Gasteiger partial charge in [0.15, 0.2) is 11.5 Å². The molecule has 0 unspecified atom stereocenters. The van der Waals surface area contributed by atoms with Gasteiger partial charge in [0.1, 0.15) is 11.8 Å². The lowest BCUT2D eigenvalue weighted by Gasteiger charge is -2.29. The molecule has 48 heavy (non-hydrogen) atoms. The number of carbonyl (C=O) groups excluding carboxylic acids is 7. The summed E-state index contributed by atoms with van der Waals surface area (Å²) in [5, 5.41) is 2.85. The Morgan fingerprint density at radius 2 is 1.58 bits per heavy atom. The van der Waals surface area contributed by atoms with Crippen molar-refractivity contribution in [1.29, 1.82) is 0 Å². The summed E-state index contributed by atoms with van der Waals surface area (Å²) in [6.07, 6.45) is 0.310. The molecular weight excluding hydrogens is 624 g/mol. The molecule has 1 aliphatic carbocycles. The highest BCUT2D eigenvalue weighted by Gasteiger charge is 2.46. The number of ketones is 4. The minimum atomic E-state index is -1.43. The van der Waals surface area contributed by atoms with E-state index in [0.717, 1.165) is 0 Å². The molecule has 1 heterocycles. The normalized spacial score (nSPS) is 20.0. The molecule has 1 aliphatic rings. The van der Waals surface area contributed by atoms with E-state index >= 15 is 0 Å². The Kier molecular flexibility index (Phi) is 14.1. The largest absolute Gasteiger partial charge is 0.493 e. The molecule has 0 amide bonds. The van der Waals surface area contributed by atoms with E-state index in [4.69, 9.17) is 14.2 Å². The average molecular weight is 667 g/mol. The summed E-state index contributed by atoms with van der Waals surface area (Å²) in [7, 11) is 2.64. The van der Waals surface area contributed by atoms with Crippen LogP contribution in [0.5, 0.6) is 11.5 Å². The van der Waals surface area contributed by atoms with Crippen molar-refractivity contribution in [2.24, 2.45) is 17.8 Å². The van der Waals surface area contributed by atoms with Gasteiger partial charge < -0.3 is 24.3 Å². The topological polar surface area (TPSA) is 181 Å². The van der Waals surface area contributed by atoms with Crippen molar-refractivity contribution >= 4 is 41.0 Å². The van der Waals surface area contributed by atoms with Gasteiger partial charge in [-0.3, -0.25) is 38.5 Å². The minimum absolute atomic E-state index is 0.0104. The Hall–Kier alpha value is -4.78. The van der Waals surface area contributed by atoms with Crippen LogP contribution in [-0.2, 0) is 56.0 Å². The molecular formula is C35H42N2O11. The van der Waals surface area contributed by atoms with E-state index in [1.807, 2.05) is 0 Å². The molecule has 1 aromatic heterocycles. The van der Waals surface area contributed by atoms with Gasteiger partial charge in [0.05, 0.1) is 38.0 Å². The first kappa shape index (κ1) is 37.7. The van der Waals surface area contributed by atoms with E-state index in [1.165, 1.54) is 33.4 Å². The highest BCUT2D eigenvalue weighted by molar-refractivity contribution is 6.44. The van der Waals surface area contributed by atoms with E-state index in [0.29, 0.717) is 18.4 Å². The molecule has 1 aromatic carbocycles. The van der Waals surface area contributed by atoms with Crippen molar-refractivity contribution in [2.45, 2.75) is 78.0 Å². The quantitative estimate of drug-likeness (QED) is 0.177. The standard InChI is InChI=1S/C35H42N2O11/c1-20(2)35(44)48-33-21(3)30(41)32(43)24(18-26(38)31(42)23(33)17-22-11-7-6-8-12-22)37-19-25-34(27(45-4)15-16-36-25)47-29(40)14-10-9-13-28(39)46-5/h6-8,11-12,15-16,20-21,23-24,33,37H,9-10,13-14,17-19H2,1-5H3/t21-,23+,24+,33-/m1/s1. The van der Waals surface area contributed by atoms with Gasteiger partial charge in [-0.05, 0) is 24.8 Å². The molecule has 4 atom stereocenters. The summed E-state index contributed by atoms with van der Waals surface area (Å²) in [6.45, 7) is 4.35. The lowest BCUT2D eigenvalue weighted by atomic mass is 9.81. The van der Waals surface area contributed by atoms with Crippen molar-refractivity contribution < 1.29 is 52.5 Å². The van der Waals surface area contributed by atoms with Crippen molar-refractivity contribution in [1.82, 2.24) is 10.3 Å². The summed E-state index contributed by atoms with van der Waals surface area (Å²) < 4.78 is 21.2. The van der Waals surface area contributed by atoms with Crippen LogP contribution in [0, 0.1) is 17.8 Å². The Morgan fingerprint density at radius 3 is 2.21 bits per heavy atom. The zero-order valence-electron chi connectivity index (χ0n) is 27.8. The highest BCUT2D eigenvalue weighted by atomic mass is 16.6. The zero-order valence-corrected chi connectivity index (χ0v) is 27.8. The fourth-order valence-corrected chi connectivity index (χ4v) is 5.22. The molecule has 0 spiro atoms. The van der Waals surface area contributed by atoms with Gasteiger partial charge in [0.2, 0.25) is 23.1 Å². The van der Waals surface area contributed by atoms with Crippen molar-refractivity contribution in [3.8, 4) is 11.5 Å². The maximum Gasteiger partial charge on any atom is 0.311 e. The number of Topliss-reactive ketones (excluding diaryl/α,β-unsaturated/α-hetero) is 4. The van der Waals surface area contributed by atoms with Gasteiger partial charge in [-0.1, -0.05) is 51.1 Å². The first-order chi connectivity index (χ1) is 22.9. The Bertz CT molecular complexity index is 1510. The fraction of sp³-hybridized carbons (Fsp3) is 0.486. The summed E-state index contributed by atoms with van der Waals surface area (Å²) >= 11 is 0. The second kappa shape index (κ2) is 17.9. The molecule has 13 nitrogen and oxygen atoms in total. The summed E-state index contributed by atoms with van der Waals surface area (Å²) in [5.74, 6) is -8.24. The monoisotopic (exact) mass is 666 g/mol. The molecule has 2 aromatic rings. The van der Waals surface area contributed by atoms with Crippen molar-refractivity contribution in [3.05, 3.63) is 53.9 Å². The molecule has 258 valence electrons. The number of nitrogens with zero attached hydrogens (tertiary/aromatic N) is 1. The van der Waals surface area contributed by atoms with Crippen LogP contribution in [0.15, 0.2) is 42.6 Å². The predicted molar refractivity (Wildman–Crippen MR) is 170 cm³/mol. The number of aromatic nitrogens is 1. The molecule has 1 fully saturated rings. The van der Waals surface area contributed by atoms with Crippen LogP contribution in [0.2, 0.25) is 0 Å². The first-order valence-electron chi connectivity index (χ1n) is 15.8. The van der Waals surface area contributed by atoms with Gasteiger partial charge >= 0.3 is 17.9 Å². The summed E-state index contributed by atoms with van der Waals surface area (Å²) in [5.41, 5.74) is 0.818. The highest BCUT2D eigenvalue weighted by Crippen LogP contribution is 2.31. The number of methoxy groups -OCH3 is 2. The number of hydrogen-bond acceptors (Lipinski definition) is 13. The molecule has 0 aliphatic heterocycles. The molecule has 13 heteroatoms. The predicted octanol–water partition coefficient (Wildman–Crippen LogP) is 2.93. The van der Waals surface area contributed by atoms with Crippen LogP contribution < -0.4 is 14.8 Å². The van der Waals surface area contributed by atoms with Gasteiger partial charge in [0, 0.05) is 38.1 Å². The zero-order chi connectivity index (χ0) is 35.4. The van der Waals surface area contributed by atoms with E-state index in [-0.39, 0.29) is 43.0 Å². The number of hydrogen-bond donors (Lipinski definition) is 1. The van der Waals surface area contributed by atoms with Crippen LogP contribution in [0.3, 0.4) is 0 Å². The third-order valence-corrected chi connectivity index (χ3v) is 8.02. The number of ether oxygens (including phenoxy) is 4. The number of carbonyl (C=O) groups is 7. The Balaban J connectivity index is 1.86. The summed E-state index contributed by atoms with van der Waals surface area (Å²) in [4.78, 5) is 95.3. The molecule has 0 saturated heterocycles. The van der Waals surface area contributed by atoms with E-state index in [1.54, 1.807) is 44.2 Å². The van der Waals surface area contributed by atoms with Crippen LogP contribution >= 0.6 is 0 Å². The third-order valence-electron chi connectivity index (χ3n) is 8.02. The number of nitrogens with one attached hydrogen (secondary N) is 1. The van der Waals surface area contributed by atoms with E-state index in [9.17, 15) is 33.6 Å². The summed E-state index contributed by atoms with van der Waals surface area (Å²) in [6, 6.07) is 8.84. The van der Waals surface area contributed by atoms with Gasteiger partial charge in [-0.15, -0.1) is 0 Å². The second-order valence-corrected chi connectivity index (χ2v) is 11.8. The van der Waals surface area contributed by atoms with Gasteiger partial charge in [-0.2, -0.15) is 0 Å². The van der Waals surface area contributed by atoms with Gasteiger partial charge in [0.25, 0.3) is 0 Å². The van der Waals surface area contributed by atoms with Crippen molar-refractivity contribution in [3.63, 3.8) is 0 Å². The number of benzene rings is 1. The number of rotatable bonds is 14. The molecule has 0 radical (unpaired) electrons. The first-order valence-corrected chi connectivity index (χ1v) is 15.8. The fourth-order valence-electron chi connectivity index (χ4n) is 5.22. The SMILES string of the molecule is COC(=O)CCCCC(=O)Oc1c(OC)ccnc1CN[C@H]1CC(=O)C(=O)[C@H](Cc2ccccc2)[C@H](OC(=O)C(C)C)[C@H](C)C(=O)C1=O. The second-order valence-electron chi connectivity index (χ2n) is 11.8. The minimum Gasteiger partial charge on any atom is -0.493 e. The molecule has 1 saturated carbocycles. The lowest BCUT2D eigenvalue weighted by molar-refractivity contribution is -0.163. The average Bonchev–Trinajstić information content (AvgIpc) is 3.10. The smallest absolute Gasteiger partial charge is 0.311 e. The Labute approximate surface area is 279 Å². The van der Waals surface area contributed by atoms with E-state index < -0.39 is 77.4 Å². The van der Waals surface area contributed by atoms with E-state index in [2.05, 4.69) is 15.0 Å². The lowest BCUT2D eigenvalue weighted by Crippen LogP contribution is -2.46. The molecule has 3 rings (SSSR count). The van der Waals surface area contributed by atoms with Crippen LogP contribution in [0.4, 0.5) is 0 Å². The van der Waals surface area contributed by atoms with Crippen molar-refractivity contribution in [2.75, 3.05) is 14.2 Å². The molecule has 1 N–H and O–H groups in total. The maximum absolute atomic E-state index is 13.7. The Morgan fingerprint density at radius 1 is 0.917 bits per heavy atom. The number of pyridine rings is 1. The van der Waals surface area contributed by atoms with Gasteiger partial charge in [-0.25, -0.2) is 0 Å². The van der Waals surface area contributed by atoms with Crippen LogP contribution in [0.1, 0.15) is 64.1 Å². The third kappa shape index (κ3) is 10.1. The van der Waals surface area contributed by atoms with Crippen LogP contribution in [0.25, 0.3) is 0 Å². The number of esters is 3. The molecule has 0 bridgehead atoms. The van der Waals surface area contributed by atoms with Crippen LogP contribution in [-0.4, -0.2) is 72.4 Å². The number of unbranched alkanes of at least 4 members (excludes halogenated alkanes) is 1.